The summed E-state index contributed by atoms with van der Waals surface area (Å²) in [6.45, 7) is 0.662. The molecule has 0 atom stereocenters. The SMILES string of the molecule is NNc1nc(NCCCO)nc(-n2cccn2)n1. The Morgan fingerprint density at radius 1 is 1.28 bits per heavy atom. The van der Waals surface area contributed by atoms with Gasteiger partial charge in [-0.1, -0.05) is 0 Å². The van der Waals surface area contributed by atoms with Gasteiger partial charge < -0.3 is 10.4 Å². The third-order valence-electron chi connectivity index (χ3n) is 2.08. The highest BCUT2D eigenvalue weighted by Crippen LogP contribution is 2.07. The number of aromatic nitrogens is 5. The molecule has 0 aliphatic heterocycles. The van der Waals surface area contributed by atoms with E-state index < -0.39 is 0 Å². The Hall–Kier alpha value is -2.26. The average Bonchev–Trinajstić information content (AvgIpc) is 2.92. The van der Waals surface area contributed by atoms with Crippen LogP contribution in [0.2, 0.25) is 0 Å². The molecule has 0 aliphatic carbocycles. The molecule has 0 radical (unpaired) electrons. The Labute approximate surface area is 103 Å². The molecule has 0 saturated carbocycles. The zero-order chi connectivity index (χ0) is 12.8. The van der Waals surface area contributed by atoms with Gasteiger partial charge in [-0.2, -0.15) is 20.1 Å². The molecule has 96 valence electrons. The van der Waals surface area contributed by atoms with Gasteiger partial charge in [0.05, 0.1) is 0 Å². The molecule has 18 heavy (non-hydrogen) atoms. The predicted molar refractivity (Wildman–Crippen MR) is 65.0 cm³/mol. The van der Waals surface area contributed by atoms with Gasteiger partial charge in [-0.05, 0) is 12.5 Å². The van der Waals surface area contributed by atoms with Crippen LogP contribution in [0, 0.1) is 0 Å². The van der Waals surface area contributed by atoms with Crippen molar-refractivity contribution in [2.75, 3.05) is 23.9 Å². The van der Waals surface area contributed by atoms with Crippen molar-refractivity contribution >= 4 is 11.9 Å². The van der Waals surface area contributed by atoms with E-state index in [0.717, 1.165) is 0 Å². The van der Waals surface area contributed by atoms with Crippen molar-refractivity contribution in [1.82, 2.24) is 24.7 Å². The lowest BCUT2D eigenvalue weighted by Crippen LogP contribution is -2.16. The summed E-state index contributed by atoms with van der Waals surface area (Å²) in [5, 5.41) is 15.7. The number of aliphatic hydroxyl groups excluding tert-OH is 1. The Bertz CT molecular complexity index is 485. The van der Waals surface area contributed by atoms with Crippen molar-refractivity contribution in [3.8, 4) is 5.95 Å². The minimum absolute atomic E-state index is 0.103. The topological polar surface area (TPSA) is 127 Å². The number of nitrogens with zero attached hydrogens (tertiary/aromatic N) is 5. The number of nitrogens with two attached hydrogens (primary N) is 1. The lowest BCUT2D eigenvalue weighted by atomic mass is 10.4. The van der Waals surface area contributed by atoms with Gasteiger partial charge in [0.25, 0.3) is 5.95 Å². The summed E-state index contributed by atoms with van der Waals surface area (Å²) < 4.78 is 1.50. The molecule has 5 N–H and O–H groups in total. The summed E-state index contributed by atoms with van der Waals surface area (Å²) in [6.07, 6.45) is 3.94. The molecule has 9 nitrogen and oxygen atoms in total. The molecular formula is C9H14N8O. The molecule has 2 heterocycles. The van der Waals surface area contributed by atoms with Crippen LogP contribution in [0.15, 0.2) is 18.5 Å². The van der Waals surface area contributed by atoms with E-state index in [9.17, 15) is 0 Å². The zero-order valence-corrected chi connectivity index (χ0v) is 9.61. The molecular weight excluding hydrogens is 236 g/mol. The van der Waals surface area contributed by atoms with E-state index in [1.165, 1.54) is 4.68 Å². The van der Waals surface area contributed by atoms with Crippen molar-refractivity contribution in [3.05, 3.63) is 18.5 Å². The van der Waals surface area contributed by atoms with E-state index in [-0.39, 0.29) is 12.6 Å². The second-order valence-corrected chi connectivity index (χ2v) is 3.38. The molecule has 0 spiro atoms. The molecule has 0 aromatic carbocycles. The molecule has 2 aromatic heterocycles. The quantitative estimate of drug-likeness (QED) is 0.296. The highest BCUT2D eigenvalue weighted by atomic mass is 16.3. The maximum atomic E-state index is 8.71. The molecule has 9 heteroatoms. The Morgan fingerprint density at radius 2 is 2.11 bits per heavy atom. The van der Waals surface area contributed by atoms with Gasteiger partial charge in [-0.25, -0.2) is 10.5 Å². The fraction of sp³-hybridized carbons (Fsp3) is 0.333. The van der Waals surface area contributed by atoms with Crippen molar-refractivity contribution in [2.45, 2.75) is 6.42 Å². The number of nitrogen functional groups attached to an aromatic ring is 1. The standard InChI is InChI=1S/C9H14N8O/c10-16-8-13-7(11-3-2-6-18)14-9(15-8)17-5-1-4-12-17/h1,4-5,18H,2-3,6,10H2,(H2,11,13,14,15,16). The summed E-state index contributed by atoms with van der Waals surface area (Å²) in [6, 6.07) is 1.76. The van der Waals surface area contributed by atoms with E-state index in [4.69, 9.17) is 10.9 Å². The van der Waals surface area contributed by atoms with Gasteiger partial charge in [0.15, 0.2) is 0 Å². The van der Waals surface area contributed by atoms with E-state index in [0.29, 0.717) is 24.9 Å². The molecule has 0 saturated heterocycles. The molecule has 0 aliphatic rings. The largest absolute Gasteiger partial charge is 0.396 e. The average molecular weight is 250 g/mol. The van der Waals surface area contributed by atoms with E-state index in [1.54, 1.807) is 18.5 Å². The summed E-state index contributed by atoms with van der Waals surface area (Å²) in [4.78, 5) is 12.3. The van der Waals surface area contributed by atoms with Gasteiger partial charge in [-0.3, -0.25) is 5.43 Å². The monoisotopic (exact) mass is 250 g/mol. The maximum absolute atomic E-state index is 8.71. The molecule has 0 bridgehead atoms. The minimum atomic E-state index is 0.103. The fourth-order valence-electron chi connectivity index (χ4n) is 1.28. The first-order valence-corrected chi connectivity index (χ1v) is 5.41. The van der Waals surface area contributed by atoms with E-state index in [2.05, 4.69) is 30.8 Å². The second-order valence-electron chi connectivity index (χ2n) is 3.38. The number of hydrogen-bond donors (Lipinski definition) is 4. The van der Waals surface area contributed by atoms with Crippen LogP contribution in [0.4, 0.5) is 11.9 Å². The molecule has 2 rings (SSSR count). The smallest absolute Gasteiger partial charge is 0.257 e. The van der Waals surface area contributed by atoms with E-state index in [1.807, 2.05) is 0 Å². The summed E-state index contributed by atoms with van der Waals surface area (Å²) in [5.74, 6) is 6.26. The van der Waals surface area contributed by atoms with Gasteiger partial charge in [-0.15, -0.1) is 0 Å². The number of rotatable bonds is 6. The fourth-order valence-corrected chi connectivity index (χ4v) is 1.28. The number of hydrogen-bond acceptors (Lipinski definition) is 8. The second kappa shape index (κ2) is 5.89. The number of aliphatic hydroxyl groups is 1. The van der Waals surface area contributed by atoms with Crippen molar-refractivity contribution in [2.24, 2.45) is 5.84 Å². The molecule has 0 fully saturated rings. The lowest BCUT2D eigenvalue weighted by Gasteiger charge is -2.07. The van der Waals surface area contributed by atoms with Crippen LogP contribution in [0.1, 0.15) is 6.42 Å². The summed E-state index contributed by atoms with van der Waals surface area (Å²) >= 11 is 0. The number of nitrogens with one attached hydrogen (secondary N) is 2. The third-order valence-corrected chi connectivity index (χ3v) is 2.08. The van der Waals surface area contributed by atoms with Crippen molar-refractivity contribution in [3.63, 3.8) is 0 Å². The predicted octanol–water partition coefficient (Wildman–Crippen LogP) is -0.863. The third kappa shape index (κ3) is 2.90. The zero-order valence-electron chi connectivity index (χ0n) is 9.61. The Balaban J connectivity index is 2.22. The van der Waals surface area contributed by atoms with Crippen molar-refractivity contribution < 1.29 is 5.11 Å². The highest BCUT2D eigenvalue weighted by molar-refractivity contribution is 5.36. The van der Waals surface area contributed by atoms with Gasteiger partial charge in [0, 0.05) is 25.5 Å². The van der Waals surface area contributed by atoms with Crippen LogP contribution < -0.4 is 16.6 Å². The Kier molecular flexibility index (Phi) is 3.99. The summed E-state index contributed by atoms with van der Waals surface area (Å²) in [5.41, 5.74) is 2.37. The first kappa shape index (κ1) is 12.2. The Morgan fingerprint density at radius 3 is 2.78 bits per heavy atom. The van der Waals surface area contributed by atoms with Crippen LogP contribution in [-0.4, -0.2) is 43.0 Å². The highest BCUT2D eigenvalue weighted by Gasteiger charge is 2.07. The normalized spacial score (nSPS) is 10.3. The van der Waals surface area contributed by atoms with Crippen molar-refractivity contribution in [1.29, 1.82) is 0 Å². The van der Waals surface area contributed by atoms with Gasteiger partial charge in [0.1, 0.15) is 0 Å². The maximum Gasteiger partial charge on any atom is 0.257 e. The van der Waals surface area contributed by atoms with Gasteiger partial charge >= 0.3 is 0 Å². The number of anilines is 2. The first-order valence-electron chi connectivity index (χ1n) is 5.41. The van der Waals surface area contributed by atoms with E-state index >= 15 is 0 Å². The lowest BCUT2D eigenvalue weighted by molar-refractivity contribution is 0.292. The number of hydrazine groups is 1. The molecule has 0 amide bonds. The van der Waals surface area contributed by atoms with Crippen LogP contribution in [0.3, 0.4) is 0 Å². The van der Waals surface area contributed by atoms with Gasteiger partial charge in [0.2, 0.25) is 11.9 Å². The minimum Gasteiger partial charge on any atom is -0.396 e. The molecule has 0 unspecified atom stereocenters. The molecule has 2 aromatic rings. The van der Waals surface area contributed by atoms with Crippen LogP contribution in [0.5, 0.6) is 0 Å². The van der Waals surface area contributed by atoms with Crippen LogP contribution >= 0.6 is 0 Å². The summed E-state index contributed by atoms with van der Waals surface area (Å²) in [7, 11) is 0. The van der Waals surface area contributed by atoms with Crippen LogP contribution in [0.25, 0.3) is 5.95 Å². The van der Waals surface area contributed by atoms with Crippen LogP contribution in [-0.2, 0) is 0 Å². The first-order chi connectivity index (χ1) is 8.83.